The van der Waals surface area contributed by atoms with Crippen molar-refractivity contribution in [3.05, 3.63) is 41.4 Å². The molecule has 116 valence electrons. The third-order valence-corrected chi connectivity index (χ3v) is 2.97. The number of hydrogen-bond donors (Lipinski definition) is 1. The van der Waals surface area contributed by atoms with Gasteiger partial charge in [0.05, 0.1) is 6.61 Å². The second-order valence-electron chi connectivity index (χ2n) is 4.46. The summed E-state index contributed by atoms with van der Waals surface area (Å²) in [5.74, 6) is 0. The van der Waals surface area contributed by atoms with E-state index in [1.165, 1.54) is 0 Å². The maximum atomic E-state index is 11.7. The number of halogens is 3. The summed E-state index contributed by atoms with van der Waals surface area (Å²) >= 11 is 5.73. The van der Waals surface area contributed by atoms with Crippen LogP contribution in [0.2, 0.25) is 5.02 Å². The van der Waals surface area contributed by atoms with Crippen molar-refractivity contribution in [1.82, 2.24) is 0 Å². The molecule has 0 aliphatic rings. The van der Waals surface area contributed by atoms with E-state index >= 15 is 0 Å². The molecule has 0 atom stereocenters. The number of hydrogen-bond acceptors (Lipinski definition) is 2. The SMILES string of the molecule is O=C(Nc1ccc(Cl)cc1)OCCCCCCC=C(F)F. The molecule has 0 aliphatic heterocycles. The molecule has 0 aromatic heterocycles. The Kier molecular flexibility index (Phi) is 8.43. The quantitative estimate of drug-likeness (QED) is 0.632. The van der Waals surface area contributed by atoms with Gasteiger partial charge in [0.15, 0.2) is 0 Å². The number of carbonyl (C=O) groups excluding carboxylic acids is 1. The highest BCUT2D eigenvalue weighted by molar-refractivity contribution is 6.30. The van der Waals surface area contributed by atoms with Crippen molar-refractivity contribution in [2.24, 2.45) is 0 Å². The fraction of sp³-hybridized carbons (Fsp3) is 0.400. The van der Waals surface area contributed by atoms with Crippen LogP contribution < -0.4 is 5.32 Å². The van der Waals surface area contributed by atoms with Crippen molar-refractivity contribution in [2.45, 2.75) is 32.1 Å². The first-order valence-electron chi connectivity index (χ1n) is 6.78. The molecule has 0 heterocycles. The summed E-state index contributed by atoms with van der Waals surface area (Å²) in [5.41, 5.74) is 0.615. The first-order chi connectivity index (χ1) is 10.1. The minimum atomic E-state index is -1.63. The Labute approximate surface area is 127 Å². The number of anilines is 1. The van der Waals surface area contributed by atoms with Crippen molar-refractivity contribution in [2.75, 3.05) is 11.9 Å². The Balaban J connectivity index is 2.03. The molecule has 21 heavy (non-hydrogen) atoms. The lowest BCUT2D eigenvalue weighted by Crippen LogP contribution is -2.14. The van der Waals surface area contributed by atoms with Gasteiger partial charge in [-0.3, -0.25) is 5.32 Å². The molecule has 1 N–H and O–H groups in total. The summed E-state index contributed by atoms with van der Waals surface area (Å²) in [5, 5.41) is 3.18. The lowest BCUT2D eigenvalue weighted by atomic mass is 10.1. The first-order valence-corrected chi connectivity index (χ1v) is 7.16. The molecule has 0 spiro atoms. The summed E-state index contributed by atoms with van der Waals surface area (Å²) in [6, 6.07) is 6.71. The van der Waals surface area contributed by atoms with Crippen LogP contribution >= 0.6 is 11.6 Å². The number of unbranched alkanes of at least 4 members (excludes halogenated alkanes) is 4. The molecule has 1 aromatic rings. The number of carbonyl (C=O) groups is 1. The lowest BCUT2D eigenvalue weighted by molar-refractivity contribution is 0.159. The molecule has 0 saturated carbocycles. The number of ether oxygens (including phenoxy) is 1. The Bertz CT molecular complexity index is 459. The highest BCUT2D eigenvalue weighted by Crippen LogP contribution is 2.13. The Morgan fingerprint density at radius 3 is 2.48 bits per heavy atom. The third-order valence-electron chi connectivity index (χ3n) is 2.72. The predicted octanol–water partition coefficient (Wildman–Crippen LogP) is 5.62. The Morgan fingerprint density at radius 1 is 1.14 bits per heavy atom. The van der Waals surface area contributed by atoms with Gasteiger partial charge in [-0.2, -0.15) is 8.78 Å². The van der Waals surface area contributed by atoms with Crippen LogP contribution in [0.15, 0.2) is 36.4 Å². The number of rotatable bonds is 8. The molecule has 0 aliphatic carbocycles. The molecule has 0 bridgehead atoms. The highest BCUT2D eigenvalue weighted by Gasteiger charge is 2.02. The molecule has 0 radical (unpaired) electrons. The van der Waals surface area contributed by atoms with E-state index in [0.717, 1.165) is 25.3 Å². The van der Waals surface area contributed by atoms with E-state index in [1.54, 1.807) is 24.3 Å². The molecule has 0 saturated heterocycles. The molecular formula is C15H18ClF2NO2. The topological polar surface area (TPSA) is 38.3 Å². The first kappa shape index (κ1) is 17.4. The monoisotopic (exact) mass is 317 g/mol. The van der Waals surface area contributed by atoms with Crippen LogP contribution in [0.3, 0.4) is 0 Å². The molecule has 1 aromatic carbocycles. The van der Waals surface area contributed by atoms with Gasteiger partial charge in [0.1, 0.15) is 0 Å². The minimum Gasteiger partial charge on any atom is -0.449 e. The van der Waals surface area contributed by atoms with Gasteiger partial charge >= 0.3 is 6.09 Å². The molecule has 1 amide bonds. The number of benzene rings is 1. The summed E-state index contributed by atoms with van der Waals surface area (Å²) in [4.78, 5) is 11.5. The average molecular weight is 318 g/mol. The largest absolute Gasteiger partial charge is 0.449 e. The van der Waals surface area contributed by atoms with Gasteiger partial charge in [-0.05, 0) is 49.6 Å². The normalized spacial score (nSPS) is 10.0. The summed E-state index contributed by atoms with van der Waals surface area (Å²) in [6.07, 6.45) is 2.29. The molecule has 1 rings (SSSR count). The zero-order chi connectivity index (χ0) is 15.5. The standard InChI is InChI=1S/C15H18ClF2NO2/c16-12-7-9-13(10-8-12)19-15(20)21-11-5-3-1-2-4-6-14(17)18/h6-10H,1-5,11H2,(H,19,20). The van der Waals surface area contributed by atoms with E-state index in [9.17, 15) is 13.6 Å². The van der Waals surface area contributed by atoms with Gasteiger partial charge in [0.25, 0.3) is 6.08 Å². The number of nitrogens with one attached hydrogen (secondary N) is 1. The molecule has 0 unspecified atom stereocenters. The van der Waals surface area contributed by atoms with Crippen molar-refractivity contribution in [1.29, 1.82) is 0 Å². The van der Waals surface area contributed by atoms with Gasteiger partial charge in [0, 0.05) is 10.7 Å². The number of allylic oxidation sites excluding steroid dienone is 1. The second kappa shape index (κ2) is 10.2. The number of amides is 1. The van der Waals surface area contributed by atoms with E-state index in [1.807, 2.05) is 0 Å². The predicted molar refractivity (Wildman–Crippen MR) is 79.8 cm³/mol. The lowest BCUT2D eigenvalue weighted by Gasteiger charge is -2.06. The zero-order valence-corrected chi connectivity index (χ0v) is 12.3. The van der Waals surface area contributed by atoms with Gasteiger partial charge < -0.3 is 4.74 Å². The van der Waals surface area contributed by atoms with Gasteiger partial charge in [-0.1, -0.05) is 24.4 Å². The molecular weight excluding hydrogens is 300 g/mol. The average Bonchev–Trinajstić information content (AvgIpc) is 2.44. The van der Waals surface area contributed by atoms with E-state index < -0.39 is 12.2 Å². The molecule has 0 fully saturated rings. The van der Waals surface area contributed by atoms with Crippen molar-refractivity contribution >= 4 is 23.4 Å². The zero-order valence-electron chi connectivity index (χ0n) is 11.6. The van der Waals surface area contributed by atoms with Crippen LogP contribution in [-0.4, -0.2) is 12.7 Å². The van der Waals surface area contributed by atoms with Crippen LogP contribution in [0.5, 0.6) is 0 Å². The summed E-state index contributed by atoms with van der Waals surface area (Å²) < 4.78 is 28.5. The fourth-order valence-corrected chi connectivity index (χ4v) is 1.79. The maximum Gasteiger partial charge on any atom is 0.411 e. The van der Waals surface area contributed by atoms with Crippen molar-refractivity contribution < 1.29 is 18.3 Å². The smallest absolute Gasteiger partial charge is 0.411 e. The van der Waals surface area contributed by atoms with Gasteiger partial charge in [-0.15, -0.1) is 0 Å². The fourth-order valence-electron chi connectivity index (χ4n) is 1.66. The van der Waals surface area contributed by atoms with Crippen LogP contribution in [0.4, 0.5) is 19.3 Å². The third kappa shape index (κ3) is 9.02. The van der Waals surface area contributed by atoms with E-state index in [4.69, 9.17) is 16.3 Å². The minimum absolute atomic E-state index is 0.312. The summed E-state index contributed by atoms with van der Waals surface area (Å²) in [6.45, 7) is 0.312. The highest BCUT2D eigenvalue weighted by atomic mass is 35.5. The second-order valence-corrected chi connectivity index (χ2v) is 4.90. The van der Waals surface area contributed by atoms with E-state index in [-0.39, 0.29) is 0 Å². The van der Waals surface area contributed by atoms with Gasteiger partial charge in [0.2, 0.25) is 0 Å². The van der Waals surface area contributed by atoms with E-state index in [0.29, 0.717) is 30.2 Å². The van der Waals surface area contributed by atoms with Crippen LogP contribution in [-0.2, 0) is 4.74 Å². The van der Waals surface area contributed by atoms with Crippen LogP contribution in [0.25, 0.3) is 0 Å². The van der Waals surface area contributed by atoms with Crippen molar-refractivity contribution in [3.8, 4) is 0 Å². The van der Waals surface area contributed by atoms with E-state index in [2.05, 4.69) is 5.32 Å². The Morgan fingerprint density at radius 2 is 1.81 bits per heavy atom. The molecule has 6 heteroatoms. The molecule has 3 nitrogen and oxygen atoms in total. The van der Waals surface area contributed by atoms with Crippen molar-refractivity contribution in [3.63, 3.8) is 0 Å². The summed E-state index contributed by atoms with van der Waals surface area (Å²) in [7, 11) is 0. The Hall–Kier alpha value is -1.62. The van der Waals surface area contributed by atoms with Crippen LogP contribution in [0, 0.1) is 0 Å². The maximum absolute atomic E-state index is 11.7. The van der Waals surface area contributed by atoms with Crippen LogP contribution in [0.1, 0.15) is 32.1 Å². The van der Waals surface area contributed by atoms with Gasteiger partial charge in [-0.25, -0.2) is 4.79 Å².